The van der Waals surface area contributed by atoms with Crippen molar-refractivity contribution in [2.45, 2.75) is 39.7 Å². The van der Waals surface area contributed by atoms with Crippen molar-refractivity contribution in [1.29, 1.82) is 0 Å². The summed E-state index contributed by atoms with van der Waals surface area (Å²) in [6.45, 7) is 6.47. The summed E-state index contributed by atoms with van der Waals surface area (Å²) in [6.07, 6.45) is 1.89. The van der Waals surface area contributed by atoms with Gasteiger partial charge in [-0.2, -0.15) is 0 Å². The Hall–Kier alpha value is -2.82. The number of nitrogens with zero attached hydrogens (tertiary/aromatic N) is 2. The normalized spacial score (nSPS) is 18.3. The lowest BCUT2D eigenvalue weighted by molar-refractivity contribution is -0.143. The van der Waals surface area contributed by atoms with Crippen molar-refractivity contribution in [2.75, 3.05) is 18.5 Å². The Labute approximate surface area is 179 Å². The second kappa shape index (κ2) is 9.33. The van der Waals surface area contributed by atoms with Crippen molar-refractivity contribution in [3.8, 4) is 0 Å². The maximum atomic E-state index is 13.5. The van der Waals surface area contributed by atoms with Gasteiger partial charge in [-0.05, 0) is 48.6 Å². The molecule has 0 aromatic heterocycles. The Morgan fingerprint density at radius 3 is 2.33 bits per heavy atom. The summed E-state index contributed by atoms with van der Waals surface area (Å²) < 4.78 is 0. The third-order valence-electron chi connectivity index (χ3n) is 6.31. The van der Waals surface area contributed by atoms with E-state index >= 15 is 0 Å². The predicted octanol–water partition coefficient (Wildman–Crippen LogP) is 4.51. The number of hydrogen-bond acceptors (Lipinski definition) is 3. The van der Waals surface area contributed by atoms with E-state index in [9.17, 15) is 9.59 Å². The number of amides is 2. The first-order valence-electron chi connectivity index (χ1n) is 10.8. The molecule has 2 aromatic carbocycles. The van der Waals surface area contributed by atoms with Crippen molar-refractivity contribution >= 4 is 23.2 Å². The topological polar surface area (TPSA) is 66.6 Å². The molecular weight excluding hydrogens is 374 g/mol. The smallest absolute Gasteiger partial charge is 0.227 e. The highest BCUT2D eigenvalue weighted by Crippen LogP contribution is 2.37. The van der Waals surface area contributed by atoms with Gasteiger partial charge in [0.1, 0.15) is 0 Å². The van der Waals surface area contributed by atoms with E-state index in [0.29, 0.717) is 0 Å². The highest BCUT2D eigenvalue weighted by Gasteiger charge is 2.39. The fraction of sp³-hybridized carbons (Fsp3) is 0.440. The summed E-state index contributed by atoms with van der Waals surface area (Å²) in [5.74, 6) is -1.19. The predicted molar refractivity (Wildman–Crippen MR) is 121 cm³/mol. The van der Waals surface area contributed by atoms with Crippen molar-refractivity contribution in [3.63, 3.8) is 0 Å². The molecule has 5 nitrogen and oxygen atoms in total. The van der Waals surface area contributed by atoms with E-state index in [1.54, 1.807) is 6.92 Å². The van der Waals surface area contributed by atoms with Crippen molar-refractivity contribution in [3.05, 3.63) is 60.2 Å². The fourth-order valence-corrected chi connectivity index (χ4v) is 4.56. The van der Waals surface area contributed by atoms with Gasteiger partial charge >= 0.3 is 0 Å². The monoisotopic (exact) mass is 407 g/mol. The van der Waals surface area contributed by atoms with Crippen LogP contribution in [-0.2, 0) is 9.59 Å². The molecule has 0 spiro atoms. The number of rotatable bonds is 7. The van der Waals surface area contributed by atoms with E-state index < -0.39 is 17.7 Å². The number of anilines is 2. The Kier molecular flexibility index (Phi) is 6.80. The summed E-state index contributed by atoms with van der Waals surface area (Å²) in [4.78, 5) is 29.4. The Morgan fingerprint density at radius 2 is 1.70 bits per heavy atom. The summed E-state index contributed by atoms with van der Waals surface area (Å²) in [7, 11) is 2.05. The fourth-order valence-electron chi connectivity index (χ4n) is 4.56. The second-order valence-corrected chi connectivity index (χ2v) is 8.64. The number of primary amides is 1. The molecule has 0 radical (unpaired) electrons. The first-order chi connectivity index (χ1) is 14.3. The second-order valence-electron chi connectivity index (χ2n) is 8.64. The molecule has 160 valence electrons. The van der Waals surface area contributed by atoms with Crippen LogP contribution >= 0.6 is 0 Å². The first kappa shape index (κ1) is 21.9. The maximum absolute atomic E-state index is 13.5. The van der Waals surface area contributed by atoms with Crippen LogP contribution in [0.4, 0.5) is 11.4 Å². The summed E-state index contributed by atoms with van der Waals surface area (Å²) in [5, 5.41) is 0. The molecule has 5 heteroatoms. The van der Waals surface area contributed by atoms with E-state index in [1.807, 2.05) is 36.9 Å². The summed E-state index contributed by atoms with van der Waals surface area (Å²) >= 11 is 0. The summed E-state index contributed by atoms with van der Waals surface area (Å²) in [5.41, 5.74) is 8.89. The maximum Gasteiger partial charge on any atom is 0.227 e. The number of carbonyl (C=O) groups excluding carboxylic acids is 2. The molecule has 1 aliphatic heterocycles. The standard InChI is InChI=1S/C25H33N3O2/c1-17(2)23(18(3)24(26)29)25(30)28-15-9-14-22(28)19-10-8-13-21(16-19)27(4)20-11-6-5-7-12-20/h5-8,10-13,16-18,22-23H,9,14-15H2,1-4H3,(H2,26,29)/t18?,22-,23-/m0/s1. The quantitative estimate of drug-likeness (QED) is 0.734. The zero-order chi connectivity index (χ0) is 21.8. The number of hydrogen-bond donors (Lipinski definition) is 1. The number of benzene rings is 2. The molecule has 3 rings (SSSR count). The average Bonchev–Trinajstić information content (AvgIpc) is 3.23. The van der Waals surface area contributed by atoms with Gasteiger partial charge in [0.25, 0.3) is 0 Å². The van der Waals surface area contributed by atoms with Crippen molar-refractivity contribution in [1.82, 2.24) is 4.90 Å². The molecule has 1 aliphatic rings. The lowest BCUT2D eigenvalue weighted by Gasteiger charge is -2.33. The Bertz CT molecular complexity index is 881. The molecule has 3 atom stereocenters. The van der Waals surface area contributed by atoms with Crippen LogP contribution in [0.1, 0.15) is 45.2 Å². The number of carbonyl (C=O) groups is 2. The SMILES string of the molecule is CC(C)[C@H](C(=O)N1CCC[C@H]1c1cccc(N(C)c2ccccc2)c1)C(C)C(N)=O. The van der Waals surface area contributed by atoms with Gasteiger partial charge in [-0.25, -0.2) is 0 Å². The van der Waals surface area contributed by atoms with Gasteiger partial charge in [0.05, 0.1) is 12.0 Å². The third-order valence-corrected chi connectivity index (χ3v) is 6.31. The van der Waals surface area contributed by atoms with Gasteiger partial charge in [-0.15, -0.1) is 0 Å². The molecule has 2 amide bonds. The first-order valence-corrected chi connectivity index (χ1v) is 10.8. The number of likely N-dealkylation sites (tertiary alicyclic amines) is 1. The molecular formula is C25H33N3O2. The zero-order valence-corrected chi connectivity index (χ0v) is 18.4. The minimum Gasteiger partial charge on any atom is -0.369 e. The lowest BCUT2D eigenvalue weighted by Crippen LogP contribution is -2.43. The molecule has 30 heavy (non-hydrogen) atoms. The average molecular weight is 408 g/mol. The van der Waals surface area contributed by atoms with E-state index in [1.165, 1.54) is 0 Å². The van der Waals surface area contributed by atoms with Crippen LogP contribution < -0.4 is 10.6 Å². The zero-order valence-electron chi connectivity index (χ0n) is 18.4. The van der Waals surface area contributed by atoms with Crippen LogP contribution in [-0.4, -0.2) is 30.3 Å². The molecule has 0 bridgehead atoms. The molecule has 2 aromatic rings. The Balaban J connectivity index is 1.86. The van der Waals surface area contributed by atoms with E-state index in [-0.39, 0.29) is 17.9 Å². The molecule has 1 heterocycles. The van der Waals surface area contributed by atoms with E-state index in [4.69, 9.17) is 5.73 Å². The van der Waals surface area contributed by atoms with Gasteiger partial charge in [-0.3, -0.25) is 9.59 Å². The molecule has 0 saturated carbocycles. The highest BCUT2D eigenvalue weighted by atomic mass is 16.2. The van der Waals surface area contributed by atoms with Crippen LogP contribution in [0.5, 0.6) is 0 Å². The van der Waals surface area contributed by atoms with Crippen LogP contribution in [0.25, 0.3) is 0 Å². The molecule has 0 aliphatic carbocycles. The largest absolute Gasteiger partial charge is 0.369 e. The Morgan fingerprint density at radius 1 is 1.03 bits per heavy atom. The molecule has 1 saturated heterocycles. The minimum atomic E-state index is -0.478. The number of para-hydroxylation sites is 1. The van der Waals surface area contributed by atoms with E-state index in [2.05, 4.69) is 48.3 Å². The van der Waals surface area contributed by atoms with Crippen LogP contribution in [0.3, 0.4) is 0 Å². The van der Waals surface area contributed by atoms with Gasteiger partial charge in [0.15, 0.2) is 0 Å². The lowest BCUT2D eigenvalue weighted by atomic mass is 9.82. The number of nitrogens with two attached hydrogens (primary N) is 1. The highest BCUT2D eigenvalue weighted by molar-refractivity contribution is 5.87. The molecule has 1 fully saturated rings. The van der Waals surface area contributed by atoms with Crippen molar-refractivity contribution in [2.24, 2.45) is 23.5 Å². The molecule has 1 unspecified atom stereocenters. The van der Waals surface area contributed by atoms with Gasteiger partial charge in [0.2, 0.25) is 11.8 Å². The van der Waals surface area contributed by atoms with Crippen LogP contribution in [0, 0.1) is 17.8 Å². The van der Waals surface area contributed by atoms with Crippen molar-refractivity contribution < 1.29 is 9.59 Å². The van der Waals surface area contributed by atoms with Gasteiger partial charge in [-0.1, -0.05) is 51.1 Å². The van der Waals surface area contributed by atoms with Gasteiger partial charge < -0.3 is 15.5 Å². The molecule has 2 N–H and O–H groups in total. The third kappa shape index (κ3) is 4.50. The van der Waals surface area contributed by atoms with E-state index in [0.717, 1.165) is 36.3 Å². The van der Waals surface area contributed by atoms with Crippen LogP contribution in [0.2, 0.25) is 0 Å². The van der Waals surface area contributed by atoms with Gasteiger partial charge in [0, 0.05) is 30.9 Å². The minimum absolute atomic E-state index is 0.0305. The summed E-state index contributed by atoms with van der Waals surface area (Å²) in [6, 6.07) is 18.7. The van der Waals surface area contributed by atoms with Crippen LogP contribution in [0.15, 0.2) is 54.6 Å².